The van der Waals surface area contributed by atoms with Gasteiger partial charge in [0.1, 0.15) is 5.82 Å². The summed E-state index contributed by atoms with van der Waals surface area (Å²) >= 11 is 0. The maximum atomic E-state index is 13.8. The molecule has 2 aromatic carbocycles. The van der Waals surface area contributed by atoms with Crippen LogP contribution in [0.15, 0.2) is 42.5 Å². The van der Waals surface area contributed by atoms with E-state index in [1.807, 2.05) is 13.1 Å². The first-order chi connectivity index (χ1) is 10.8. The summed E-state index contributed by atoms with van der Waals surface area (Å²) in [6.07, 6.45) is 1.99. The number of hydrogen-bond acceptors (Lipinski definition) is 2. The maximum absolute atomic E-state index is 13.8. The van der Waals surface area contributed by atoms with Gasteiger partial charge in [-0.15, -0.1) is 0 Å². The van der Waals surface area contributed by atoms with Gasteiger partial charge in [0, 0.05) is 12.5 Å². The lowest BCUT2D eigenvalue weighted by molar-refractivity contribution is 0.0417. The zero-order chi connectivity index (χ0) is 15.1. The van der Waals surface area contributed by atoms with E-state index in [-0.39, 0.29) is 18.0 Å². The number of hydrogen-bond donors (Lipinski definition) is 1. The van der Waals surface area contributed by atoms with Crippen LogP contribution in [0.3, 0.4) is 0 Å². The fourth-order valence-electron chi connectivity index (χ4n) is 3.96. The summed E-state index contributed by atoms with van der Waals surface area (Å²) in [5, 5.41) is 3.20. The number of nitrogens with one attached hydrogen (secondary N) is 1. The minimum atomic E-state index is -0.177. The van der Waals surface area contributed by atoms with Crippen molar-refractivity contribution >= 4 is 0 Å². The van der Waals surface area contributed by atoms with Crippen LogP contribution in [0.5, 0.6) is 0 Å². The number of likely N-dealkylation sites (N-methyl/N-ethyl adjacent to an activating group) is 1. The third kappa shape index (κ3) is 2.25. The summed E-state index contributed by atoms with van der Waals surface area (Å²) in [4.78, 5) is 0. The SMILES string of the molecule is CNC[C@H]1C[C@H]2c3ccccc3Cc3ccc(F)cc3[C@H]2O1. The Morgan fingerprint density at radius 1 is 1.14 bits per heavy atom. The van der Waals surface area contributed by atoms with Crippen LogP contribution in [-0.4, -0.2) is 19.7 Å². The number of ether oxygens (including phenoxy) is 1. The van der Waals surface area contributed by atoms with Crippen LogP contribution in [0.25, 0.3) is 0 Å². The lowest BCUT2D eigenvalue weighted by Crippen LogP contribution is -2.23. The minimum Gasteiger partial charge on any atom is -0.368 e. The van der Waals surface area contributed by atoms with E-state index in [2.05, 4.69) is 29.6 Å². The van der Waals surface area contributed by atoms with Crippen molar-refractivity contribution < 1.29 is 9.13 Å². The Balaban J connectivity index is 1.84. The van der Waals surface area contributed by atoms with Crippen molar-refractivity contribution in [2.24, 2.45) is 0 Å². The highest BCUT2D eigenvalue weighted by molar-refractivity contribution is 5.45. The summed E-state index contributed by atoms with van der Waals surface area (Å²) in [5.41, 5.74) is 4.92. The Kier molecular flexibility index (Phi) is 3.47. The third-order valence-electron chi connectivity index (χ3n) is 4.90. The van der Waals surface area contributed by atoms with Gasteiger partial charge in [-0.05, 0) is 54.3 Å². The largest absolute Gasteiger partial charge is 0.368 e. The van der Waals surface area contributed by atoms with Crippen LogP contribution >= 0.6 is 0 Å². The molecule has 3 heteroatoms. The molecule has 1 heterocycles. The second-order valence-corrected chi connectivity index (χ2v) is 6.30. The molecule has 1 fully saturated rings. The Labute approximate surface area is 130 Å². The molecule has 0 bridgehead atoms. The number of fused-ring (bicyclic) bond motifs is 5. The van der Waals surface area contributed by atoms with E-state index in [1.165, 1.54) is 16.7 Å². The van der Waals surface area contributed by atoms with Crippen LogP contribution < -0.4 is 5.32 Å². The van der Waals surface area contributed by atoms with Crippen LogP contribution in [0, 0.1) is 5.82 Å². The summed E-state index contributed by atoms with van der Waals surface area (Å²) in [6, 6.07) is 13.7. The number of benzene rings is 2. The van der Waals surface area contributed by atoms with Gasteiger partial charge in [0.25, 0.3) is 0 Å². The van der Waals surface area contributed by atoms with Crippen molar-refractivity contribution in [3.8, 4) is 0 Å². The van der Waals surface area contributed by atoms with Gasteiger partial charge in [-0.2, -0.15) is 0 Å². The molecule has 1 N–H and O–H groups in total. The van der Waals surface area contributed by atoms with Crippen molar-refractivity contribution in [2.45, 2.75) is 31.0 Å². The van der Waals surface area contributed by atoms with Gasteiger partial charge in [0.2, 0.25) is 0 Å². The molecule has 0 amide bonds. The number of rotatable bonds is 2. The van der Waals surface area contributed by atoms with Crippen LogP contribution in [0.1, 0.15) is 40.7 Å². The summed E-state index contributed by atoms with van der Waals surface area (Å²) in [5.74, 6) is 0.140. The highest BCUT2D eigenvalue weighted by Crippen LogP contribution is 2.49. The fraction of sp³-hybridized carbons (Fsp3) is 0.368. The van der Waals surface area contributed by atoms with Crippen molar-refractivity contribution in [3.05, 3.63) is 70.5 Å². The first kappa shape index (κ1) is 13.9. The molecule has 1 aliphatic heterocycles. The van der Waals surface area contributed by atoms with E-state index in [1.54, 1.807) is 12.1 Å². The molecule has 1 saturated heterocycles. The van der Waals surface area contributed by atoms with Gasteiger partial charge in [-0.25, -0.2) is 4.39 Å². The molecule has 0 aromatic heterocycles. The van der Waals surface area contributed by atoms with Gasteiger partial charge in [-0.3, -0.25) is 0 Å². The minimum absolute atomic E-state index is 0.0345. The molecule has 114 valence electrons. The van der Waals surface area contributed by atoms with Gasteiger partial charge in [0.15, 0.2) is 0 Å². The van der Waals surface area contributed by atoms with Crippen LogP contribution in [0.2, 0.25) is 0 Å². The lowest BCUT2D eigenvalue weighted by Gasteiger charge is -2.19. The zero-order valence-electron chi connectivity index (χ0n) is 12.7. The molecule has 4 rings (SSSR count). The third-order valence-corrected chi connectivity index (χ3v) is 4.90. The quantitative estimate of drug-likeness (QED) is 0.915. The topological polar surface area (TPSA) is 21.3 Å². The highest BCUT2D eigenvalue weighted by Gasteiger charge is 2.40. The average molecular weight is 297 g/mol. The van der Waals surface area contributed by atoms with Gasteiger partial charge < -0.3 is 10.1 Å². The molecular formula is C19H20FNO. The second-order valence-electron chi connectivity index (χ2n) is 6.30. The van der Waals surface area contributed by atoms with Crippen molar-refractivity contribution in [3.63, 3.8) is 0 Å². The summed E-state index contributed by atoms with van der Waals surface area (Å²) in [7, 11) is 1.94. The standard InChI is InChI=1S/C19H20FNO/c1-21-11-15-10-18-16-5-3-2-4-12(16)8-13-6-7-14(20)9-17(13)19(18)22-15/h2-7,9,15,18-19,21H,8,10-11H2,1H3/t15-,18+,19-/m1/s1. The van der Waals surface area contributed by atoms with Gasteiger partial charge in [-0.1, -0.05) is 30.3 Å². The molecule has 0 saturated carbocycles. The summed E-state index contributed by atoms with van der Waals surface area (Å²) in [6.45, 7) is 0.833. The molecule has 2 aromatic rings. The Morgan fingerprint density at radius 3 is 2.82 bits per heavy atom. The van der Waals surface area contributed by atoms with Crippen molar-refractivity contribution in [1.29, 1.82) is 0 Å². The molecule has 0 unspecified atom stereocenters. The Bertz CT molecular complexity index is 700. The molecule has 22 heavy (non-hydrogen) atoms. The number of halogens is 1. The normalized spacial score (nSPS) is 26.0. The maximum Gasteiger partial charge on any atom is 0.123 e. The van der Waals surface area contributed by atoms with Crippen molar-refractivity contribution in [1.82, 2.24) is 5.32 Å². The predicted octanol–water partition coefficient (Wildman–Crippen LogP) is 3.56. The monoisotopic (exact) mass is 297 g/mol. The average Bonchev–Trinajstić information content (AvgIpc) is 2.89. The van der Waals surface area contributed by atoms with Gasteiger partial charge >= 0.3 is 0 Å². The molecule has 2 nitrogen and oxygen atoms in total. The Hall–Kier alpha value is -1.71. The van der Waals surface area contributed by atoms with E-state index < -0.39 is 0 Å². The Morgan fingerprint density at radius 2 is 1.95 bits per heavy atom. The lowest BCUT2D eigenvalue weighted by atomic mass is 9.87. The van der Waals surface area contributed by atoms with E-state index in [0.717, 1.165) is 24.9 Å². The van der Waals surface area contributed by atoms with Gasteiger partial charge in [0.05, 0.1) is 12.2 Å². The van der Waals surface area contributed by atoms with E-state index in [0.29, 0.717) is 5.92 Å². The van der Waals surface area contributed by atoms with Crippen molar-refractivity contribution in [2.75, 3.05) is 13.6 Å². The molecular weight excluding hydrogens is 277 g/mol. The molecule has 0 spiro atoms. The van der Waals surface area contributed by atoms with Crippen LogP contribution in [0.4, 0.5) is 4.39 Å². The zero-order valence-corrected chi connectivity index (χ0v) is 12.7. The predicted molar refractivity (Wildman–Crippen MR) is 84.5 cm³/mol. The summed E-state index contributed by atoms with van der Waals surface area (Å²) < 4.78 is 20.1. The molecule has 1 aliphatic carbocycles. The fourth-order valence-corrected chi connectivity index (χ4v) is 3.96. The molecule has 0 radical (unpaired) electrons. The first-order valence-electron chi connectivity index (χ1n) is 7.92. The first-order valence-corrected chi connectivity index (χ1v) is 7.92. The van der Waals surface area contributed by atoms with E-state index >= 15 is 0 Å². The van der Waals surface area contributed by atoms with E-state index in [9.17, 15) is 4.39 Å². The smallest absolute Gasteiger partial charge is 0.123 e. The molecule has 3 atom stereocenters. The van der Waals surface area contributed by atoms with Crippen LogP contribution in [-0.2, 0) is 11.2 Å². The second kappa shape index (κ2) is 5.49. The van der Waals surface area contributed by atoms with E-state index in [4.69, 9.17) is 4.74 Å². The molecule has 2 aliphatic rings. The highest BCUT2D eigenvalue weighted by atomic mass is 19.1.